The third-order valence-electron chi connectivity index (χ3n) is 8.55. The number of carbonyl (C=O) groups is 1. The summed E-state index contributed by atoms with van der Waals surface area (Å²) in [6, 6.07) is 2.45. The van der Waals surface area contributed by atoms with Gasteiger partial charge in [0.2, 0.25) is 5.91 Å². The van der Waals surface area contributed by atoms with Crippen molar-refractivity contribution in [1.29, 1.82) is 0 Å². The molecule has 3 unspecified atom stereocenters. The Morgan fingerprint density at radius 3 is 2.62 bits per heavy atom. The van der Waals surface area contributed by atoms with Gasteiger partial charge in [0.25, 0.3) is 0 Å². The van der Waals surface area contributed by atoms with Gasteiger partial charge in [-0.25, -0.2) is 4.98 Å². The first-order chi connectivity index (χ1) is 15.1. The number of imidazole rings is 1. The molecule has 2 aromatic rings. The van der Waals surface area contributed by atoms with E-state index in [9.17, 15) is 4.79 Å². The van der Waals surface area contributed by atoms with Crippen molar-refractivity contribution in [2.75, 3.05) is 18.0 Å². The van der Waals surface area contributed by atoms with Crippen molar-refractivity contribution in [2.24, 2.45) is 11.8 Å². The zero-order chi connectivity index (χ0) is 22.4. The van der Waals surface area contributed by atoms with Gasteiger partial charge >= 0.3 is 0 Å². The summed E-state index contributed by atoms with van der Waals surface area (Å²) in [7, 11) is -1.79. The van der Waals surface area contributed by atoms with Crippen molar-refractivity contribution >= 4 is 25.6 Å². The van der Waals surface area contributed by atoms with E-state index in [1.807, 2.05) is 4.90 Å². The number of aromatic nitrogens is 2. The highest BCUT2D eigenvalue weighted by Gasteiger charge is 2.53. The maximum absolute atomic E-state index is 12.9. The van der Waals surface area contributed by atoms with E-state index < -0.39 is 8.32 Å². The standard InChI is InChI=1S/C25H36N4O2Si/c1-25(2,3)32(4,5)31-18-10-20(26-11-18)21-14-28-12-16(15-6-7-15)9-22(23(28)27-21)29-13-17-8-19(17)24(29)30/h9,12,14-15,17-20,26H,6-8,10-11,13H2,1-5H3/t17?,18?,19?,20-/m1/s1. The molecule has 6 nitrogen and oxygen atoms in total. The molecule has 2 aliphatic carbocycles. The molecular formula is C25H36N4O2Si. The minimum atomic E-state index is -1.79. The quantitative estimate of drug-likeness (QED) is 0.673. The first-order valence-corrected chi connectivity index (χ1v) is 15.3. The SMILES string of the molecule is CC(C)(C)[Si](C)(C)OC1CN[C@@H](c2cn3cc(C4CC4)cc(N4CC5CC5C4=O)c3n2)C1. The van der Waals surface area contributed by atoms with Crippen molar-refractivity contribution in [1.82, 2.24) is 14.7 Å². The predicted molar refractivity (Wildman–Crippen MR) is 129 cm³/mol. The number of rotatable bonds is 5. The van der Waals surface area contributed by atoms with Crippen LogP contribution in [0.4, 0.5) is 5.69 Å². The summed E-state index contributed by atoms with van der Waals surface area (Å²) in [5.41, 5.74) is 4.36. The highest BCUT2D eigenvalue weighted by atomic mass is 28.4. The summed E-state index contributed by atoms with van der Waals surface area (Å²) in [5.74, 6) is 1.77. The van der Waals surface area contributed by atoms with Gasteiger partial charge in [-0.1, -0.05) is 20.8 Å². The number of piperidine rings is 1. The van der Waals surface area contributed by atoms with Gasteiger partial charge < -0.3 is 19.0 Å². The van der Waals surface area contributed by atoms with Gasteiger partial charge in [-0.05, 0) is 67.3 Å². The first kappa shape index (κ1) is 20.9. The number of carbonyl (C=O) groups excluding carboxylic acids is 1. The van der Waals surface area contributed by atoms with Crippen LogP contribution in [0.15, 0.2) is 18.5 Å². The third-order valence-corrected chi connectivity index (χ3v) is 13.1. The molecule has 2 saturated heterocycles. The molecule has 0 aromatic carbocycles. The van der Waals surface area contributed by atoms with E-state index >= 15 is 0 Å². The average molecular weight is 453 g/mol. The van der Waals surface area contributed by atoms with E-state index in [-0.39, 0.29) is 23.1 Å². The first-order valence-electron chi connectivity index (χ1n) is 12.4. The monoisotopic (exact) mass is 452 g/mol. The van der Waals surface area contributed by atoms with Crippen LogP contribution in [0, 0.1) is 11.8 Å². The second kappa shape index (κ2) is 6.90. The van der Waals surface area contributed by atoms with E-state index in [4.69, 9.17) is 9.41 Å². The average Bonchev–Trinajstić information content (AvgIpc) is 3.58. The van der Waals surface area contributed by atoms with Gasteiger partial charge in [-0.15, -0.1) is 0 Å². The molecule has 4 fully saturated rings. The Morgan fingerprint density at radius 2 is 1.97 bits per heavy atom. The molecular weight excluding hydrogens is 416 g/mol. The van der Waals surface area contributed by atoms with Crippen LogP contribution in [0.5, 0.6) is 0 Å². The zero-order valence-electron chi connectivity index (χ0n) is 20.0. The van der Waals surface area contributed by atoms with Crippen LogP contribution in [0.2, 0.25) is 18.1 Å². The number of pyridine rings is 1. The molecule has 4 aliphatic rings. The molecule has 0 spiro atoms. The van der Waals surface area contributed by atoms with E-state index in [1.54, 1.807) is 0 Å². The summed E-state index contributed by atoms with van der Waals surface area (Å²) in [6.45, 7) is 13.3. The molecule has 0 radical (unpaired) electrons. The topological polar surface area (TPSA) is 58.9 Å². The van der Waals surface area contributed by atoms with Gasteiger partial charge in [0.15, 0.2) is 14.0 Å². The van der Waals surface area contributed by atoms with Crippen LogP contribution in [0.3, 0.4) is 0 Å². The lowest BCUT2D eigenvalue weighted by Gasteiger charge is -2.38. The number of nitrogens with one attached hydrogen (secondary N) is 1. The highest BCUT2D eigenvalue weighted by molar-refractivity contribution is 6.74. The number of amides is 1. The maximum Gasteiger partial charge on any atom is 0.230 e. The van der Waals surface area contributed by atoms with E-state index in [0.29, 0.717) is 17.7 Å². The molecule has 1 N–H and O–H groups in total. The summed E-state index contributed by atoms with van der Waals surface area (Å²) in [4.78, 5) is 20.0. The summed E-state index contributed by atoms with van der Waals surface area (Å²) < 4.78 is 8.85. The Bertz CT molecular complexity index is 1080. The fourth-order valence-corrected chi connectivity index (χ4v) is 6.60. The zero-order valence-corrected chi connectivity index (χ0v) is 21.0. The van der Waals surface area contributed by atoms with E-state index in [1.165, 1.54) is 18.4 Å². The Labute approximate surface area is 191 Å². The maximum atomic E-state index is 12.9. The van der Waals surface area contributed by atoms with Crippen LogP contribution in [0.1, 0.15) is 69.7 Å². The number of anilines is 1. The fraction of sp³-hybridized carbons (Fsp3) is 0.680. The molecule has 2 aliphatic heterocycles. The molecule has 2 saturated carbocycles. The second-order valence-corrected chi connectivity index (χ2v) is 16.8. The van der Waals surface area contributed by atoms with Gasteiger partial charge in [0.05, 0.1) is 23.5 Å². The molecule has 7 heteroatoms. The van der Waals surface area contributed by atoms with Crippen LogP contribution in [0.25, 0.3) is 5.65 Å². The molecule has 4 atom stereocenters. The molecule has 32 heavy (non-hydrogen) atoms. The highest BCUT2D eigenvalue weighted by Crippen LogP contribution is 2.49. The Balaban J connectivity index is 1.28. The second-order valence-electron chi connectivity index (χ2n) is 12.1. The molecule has 4 heterocycles. The van der Waals surface area contributed by atoms with E-state index in [2.05, 4.69) is 62.0 Å². The van der Waals surface area contributed by atoms with Gasteiger partial charge in [-0.3, -0.25) is 4.79 Å². The number of hydrogen-bond donors (Lipinski definition) is 1. The van der Waals surface area contributed by atoms with Gasteiger partial charge in [-0.2, -0.15) is 0 Å². The van der Waals surface area contributed by atoms with Crippen LogP contribution < -0.4 is 10.2 Å². The summed E-state index contributed by atoms with van der Waals surface area (Å²) >= 11 is 0. The lowest BCUT2D eigenvalue weighted by molar-refractivity contribution is -0.118. The molecule has 0 bridgehead atoms. The third kappa shape index (κ3) is 3.44. The van der Waals surface area contributed by atoms with Crippen LogP contribution >= 0.6 is 0 Å². The van der Waals surface area contributed by atoms with Crippen LogP contribution in [-0.4, -0.2) is 42.8 Å². The van der Waals surface area contributed by atoms with Crippen LogP contribution in [-0.2, 0) is 9.22 Å². The van der Waals surface area contributed by atoms with Crippen molar-refractivity contribution in [2.45, 2.75) is 82.7 Å². The normalized spacial score (nSPS) is 30.4. The lowest BCUT2D eigenvalue weighted by atomic mass is 10.1. The Kier molecular flexibility index (Phi) is 4.50. The molecule has 1 amide bonds. The van der Waals surface area contributed by atoms with Gasteiger partial charge in [0, 0.05) is 31.4 Å². The minimum absolute atomic E-state index is 0.199. The van der Waals surface area contributed by atoms with Crippen molar-refractivity contribution in [3.8, 4) is 0 Å². The number of hydrogen-bond acceptors (Lipinski definition) is 4. The smallest absolute Gasteiger partial charge is 0.230 e. The number of nitrogens with zero attached hydrogens (tertiary/aromatic N) is 3. The van der Waals surface area contributed by atoms with Gasteiger partial charge in [0.1, 0.15) is 0 Å². The summed E-state index contributed by atoms with van der Waals surface area (Å²) in [5, 5.41) is 3.87. The fourth-order valence-electron chi connectivity index (χ4n) is 5.23. The Hall–Kier alpha value is -1.70. The van der Waals surface area contributed by atoms with Crippen molar-refractivity contribution < 1.29 is 9.22 Å². The largest absolute Gasteiger partial charge is 0.413 e. The van der Waals surface area contributed by atoms with Crippen molar-refractivity contribution in [3.05, 3.63) is 29.7 Å². The molecule has 2 aromatic heterocycles. The molecule has 6 rings (SSSR count). The predicted octanol–water partition coefficient (Wildman–Crippen LogP) is 4.62. The summed E-state index contributed by atoms with van der Waals surface area (Å²) in [6.07, 6.45) is 9.19. The minimum Gasteiger partial charge on any atom is -0.413 e. The molecule has 172 valence electrons. The lowest BCUT2D eigenvalue weighted by Crippen LogP contribution is -2.44. The van der Waals surface area contributed by atoms with E-state index in [0.717, 1.165) is 43.0 Å². The van der Waals surface area contributed by atoms with Crippen molar-refractivity contribution in [3.63, 3.8) is 0 Å². The number of fused-ring (bicyclic) bond motifs is 2. The Morgan fingerprint density at radius 1 is 1.19 bits per heavy atom.